The van der Waals surface area contributed by atoms with Gasteiger partial charge in [-0.3, -0.25) is 0 Å². The van der Waals surface area contributed by atoms with E-state index in [0.29, 0.717) is 24.7 Å². The molecule has 0 radical (unpaired) electrons. The Labute approximate surface area is 174 Å². The van der Waals surface area contributed by atoms with Crippen LogP contribution in [0.25, 0.3) is 0 Å². The van der Waals surface area contributed by atoms with Crippen molar-refractivity contribution in [3.63, 3.8) is 0 Å². The van der Waals surface area contributed by atoms with Crippen LogP contribution in [0.5, 0.6) is 11.5 Å². The molecule has 0 aliphatic carbocycles. The summed E-state index contributed by atoms with van der Waals surface area (Å²) < 4.78 is 26.6. The third-order valence-corrected chi connectivity index (χ3v) is 5.27. The van der Waals surface area contributed by atoms with Crippen molar-refractivity contribution >= 4 is 37.5 Å². The average Bonchev–Trinajstić information content (AvgIpc) is 2.68. The van der Waals surface area contributed by atoms with Crippen molar-refractivity contribution in [1.29, 1.82) is 0 Å². The number of ether oxygens (including phenoxy) is 2. The molecule has 0 aliphatic heterocycles. The molecule has 140 valence electrons. The molecule has 0 aliphatic rings. The Hall–Kier alpha value is -2.05. The maximum absolute atomic E-state index is 13.1. The molecule has 0 saturated heterocycles. The van der Waals surface area contributed by atoms with Crippen molar-refractivity contribution < 1.29 is 13.9 Å². The Kier molecular flexibility index (Phi) is 6.74. The van der Waals surface area contributed by atoms with Crippen molar-refractivity contribution in [2.75, 3.05) is 12.4 Å². The normalized spacial score (nSPS) is 10.5. The molecule has 3 rings (SSSR count). The topological polar surface area (TPSA) is 30.5 Å². The van der Waals surface area contributed by atoms with Crippen LogP contribution in [0.2, 0.25) is 0 Å². The van der Waals surface area contributed by atoms with Gasteiger partial charge in [-0.1, -0.05) is 44.0 Å². The molecule has 0 fully saturated rings. The van der Waals surface area contributed by atoms with Gasteiger partial charge in [0.15, 0.2) is 11.5 Å². The molecule has 0 heterocycles. The molecule has 0 bridgehead atoms. The molecule has 6 heteroatoms. The summed E-state index contributed by atoms with van der Waals surface area (Å²) in [7, 11) is 1.61. The van der Waals surface area contributed by atoms with Gasteiger partial charge in [-0.15, -0.1) is 0 Å². The minimum absolute atomic E-state index is 0.266. The Bertz CT molecular complexity index is 899. The number of anilines is 1. The van der Waals surface area contributed by atoms with E-state index in [1.165, 1.54) is 12.1 Å². The highest BCUT2D eigenvalue weighted by atomic mass is 79.9. The van der Waals surface area contributed by atoms with Crippen LogP contribution < -0.4 is 14.8 Å². The molecule has 0 aromatic heterocycles. The van der Waals surface area contributed by atoms with Crippen molar-refractivity contribution in [3.8, 4) is 11.5 Å². The van der Waals surface area contributed by atoms with Gasteiger partial charge >= 0.3 is 0 Å². The molecule has 0 spiro atoms. The lowest BCUT2D eigenvalue weighted by Crippen LogP contribution is -2.06. The summed E-state index contributed by atoms with van der Waals surface area (Å²) >= 11 is 7.03. The van der Waals surface area contributed by atoms with Gasteiger partial charge in [0.05, 0.1) is 7.11 Å². The van der Waals surface area contributed by atoms with E-state index >= 15 is 0 Å². The number of methoxy groups -OCH3 is 1. The summed E-state index contributed by atoms with van der Waals surface area (Å²) in [6, 6.07) is 18.0. The lowest BCUT2D eigenvalue weighted by Gasteiger charge is -2.17. The highest BCUT2D eigenvalue weighted by molar-refractivity contribution is 9.10. The second kappa shape index (κ2) is 9.24. The maximum atomic E-state index is 13.1. The van der Waals surface area contributed by atoms with Gasteiger partial charge in [0, 0.05) is 26.7 Å². The van der Waals surface area contributed by atoms with Gasteiger partial charge in [0.2, 0.25) is 0 Å². The minimum atomic E-state index is -0.266. The molecule has 1 N–H and O–H groups in total. The highest BCUT2D eigenvalue weighted by Crippen LogP contribution is 2.37. The first-order valence-electron chi connectivity index (χ1n) is 8.29. The molecule has 27 heavy (non-hydrogen) atoms. The third-order valence-electron chi connectivity index (χ3n) is 4.00. The van der Waals surface area contributed by atoms with Gasteiger partial charge in [0.1, 0.15) is 12.4 Å². The van der Waals surface area contributed by atoms with Crippen LogP contribution >= 0.6 is 31.9 Å². The molecular formula is C21H18Br2FNO2. The molecule has 3 aromatic carbocycles. The molecule has 0 unspecified atom stereocenters. The van der Waals surface area contributed by atoms with Gasteiger partial charge in [-0.05, 0) is 54.1 Å². The number of benzene rings is 3. The third kappa shape index (κ3) is 5.23. The molecule has 0 amide bonds. The number of hydrogen-bond donors (Lipinski definition) is 1. The van der Waals surface area contributed by atoms with Crippen LogP contribution in [0.1, 0.15) is 11.1 Å². The second-order valence-electron chi connectivity index (χ2n) is 5.83. The van der Waals surface area contributed by atoms with Crippen molar-refractivity contribution in [2.45, 2.75) is 13.2 Å². The minimum Gasteiger partial charge on any atom is -0.493 e. The van der Waals surface area contributed by atoms with Crippen LogP contribution in [0, 0.1) is 5.82 Å². The number of rotatable bonds is 7. The number of nitrogens with one attached hydrogen (secondary N) is 1. The summed E-state index contributed by atoms with van der Waals surface area (Å²) in [5.41, 5.74) is 2.82. The molecular weight excluding hydrogens is 477 g/mol. The van der Waals surface area contributed by atoms with E-state index in [9.17, 15) is 4.39 Å². The summed E-state index contributed by atoms with van der Waals surface area (Å²) in [5, 5.41) is 3.39. The van der Waals surface area contributed by atoms with Crippen LogP contribution in [0.3, 0.4) is 0 Å². The molecule has 3 aromatic rings. The predicted molar refractivity (Wildman–Crippen MR) is 113 cm³/mol. The maximum Gasteiger partial charge on any atom is 0.167 e. The van der Waals surface area contributed by atoms with Gasteiger partial charge in [-0.25, -0.2) is 4.39 Å². The fraction of sp³-hybridized carbons (Fsp3) is 0.143. The largest absolute Gasteiger partial charge is 0.493 e. The quantitative estimate of drug-likeness (QED) is 0.404. The van der Waals surface area contributed by atoms with E-state index in [1.807, 2.05) is 36.4 Å². The van der Waals surface area contributed by atoms with Gasteiger partial charge < -0.3 is 14.8 Å². The van der Waals surface area contributed by atoms with Crippen molar-refractivity contribution in [3.05, 3.63) is 86.6 Å². The Morgan fingerprint density at radius 1 is 0.926 bits per heavy atom. The standard InChI is InChI=1S/C21H18Br2FNO2/c1-26-20-11-10-19(23)18(12-25-17-8-4-15(22)5-9-17)21(20)27-13-14-2-6-16(24)7-3-14/h2-11,25H,12-13H2,1H3. The van der Waals surface area contributed by atoms with Crippen LogP contribution in [0.15, 0.2) is 69.6 Å². The van der Waals surface area contributed by atoms with Crippen molar-refractivity contribution in [1.82, 2.24) is 0 Å². The van der Waals surface area contributed by atoms with E-state index in [-0.39, 0.29) is 5.82 Å². The summed E-state index contributed by atoms with van der Waals surface area (Å²) in [4.78, 5) is 0. The predicted octanol–water partition coefficient (Wildman–Crippen LogP) is 6.55. The van der Waals surface area contributed by atoms with Crippen molar-refractivity contribution in [2.24, 2.45) is 0 Å². The van der Waals surface area contributed by atoms with E-state index in [2.05, 4.69) is 37.2 Å². The van der Waals surface area contributed by atoms with E-state index < -0.39 is 0 Å². The fourth-order valence-corrected chi connectivity index (χ4v) is 3.28. The zero-order valence-electron chi connectivity index (χ0n) is 14.6. The van der Waals surface area contributed by atoms with E-state index in [1.54, 1.807) is 19.2 Å². The molecule has 0 atom stereocenters. The van der Waals surface area contributed by atoms with Gasteiger partial charge in [-0.2, -0.15) is 0 Å². The van der Waals surface area contributed by atoms with E-state index in [4.69, 9.17) is 9.47 Å². The first-order valence-corrected chi connectivity index (χ1v) is 9.87. The zero-order chi connectivity index (χ0) is 19.2. The second-order valence-corrected chi connectivity index (χ2v) is 7.60. The number of hydrogen-bond acceptors (Lipinski definition) is 3. The smallest absolute Gasteiger partial charge is 0.167 e. The lowest BCUT2D eigenvalue weighted by molar-refractivity contribution is 0.281. The van der Waals surface area contributed by atoms with E-state index in [0.717, 1.165) is 25.8 Å². The molecule has 3 nitrogen and oxygen atoms in total. The van der Waals surface area contributed by atoms with Crippen LogP contribution in [-0.4, -0.2) is 7.11 Å². The Morgan fingerprint density at radius 3 is 2.30 bits per heavy atom. The van der Waals surface area contributed by atoms with Crippen LogP contribution in [-0.2, 0) is 13.2 Å². The summed E-state index contributed by atoms with van der Waals surface area (Å²) in [6.45, 7) is 0.872. The average molecular weight is 495 g/mol. The SMILES string of the molecule is COc1ccc(Br)c(CNc2ccc(Br)cc2)c1OCc1ccc(F)cc1. The first-order chi connectivity index (χ1) is 13.1. The van der Waals surface area contributed by atoms with Crippen LogP contribution in [0.4, 0.5) is 10.1 Å². The lowest BCUT2D eigenvalue weighted by atomic mass is 10.1. The first kappa shape index (κ1) is 19.7. The Morgan fingerprint density at radius 2 is 1.63 bits per heavy atom. The monoisotopic (exact) mass is 493 g/mol. The summed E-state index contributed by atoms with van der Waals surface area (Å²) in [6.07, 6.45) is 0. The fourth-order valence-electron chi connectivity index (χ4n) is 2.56. The molecule has 0 saturated carbocycles. The number of halogens is 3. The summed E-state index contributed by atoms with van der Waals surface area (Å²) in [5.74, 6) is 1.03. The zero-order valence-corrected chi connectivity index (χ0v) is 17.8. The Balaban J connectivity index is 1.81. The highest BCUT2D eigenvalue weighted by Gasteiger charge is 2.15. The van der Waals surface area contributed by atoms with Gasteiger partial charge in [0.25, 0.3) is 0 Å².